The molecule has 64 heavy (non-hydrogen) atoms. The molecule has 2 aromatic heterocycles. The molecule has 5 heteroatoms. The number of hydrogen-bond acceptors (Lipinski definition) is 3. The molecule has 4 nitrogen and oxygen atoms in total. The summed E-state index contributed by atoms with van der Waals surface area (Å²) in [6.07, 6.45) is 2.89. The Morgan fingerprint density at radius 3 is 1.94 bits per heavy atom. The quantitative estimate of drug-likeness (QED) is 0.147. The second-order valence-corrected chi connectivity index (χ2v) is 18.6. The number of aryl methyl sites for hydroxylation is 2. The average molecular weight is 1020 g/mol. The molecular weight excluding hydrogens is 962 g/mol. The van der Waals surface area contributed by atoms with Gasteiger partial charge in [-0.15, -0.1) is 23.8 Å². The summed E-state index contributed by atoms with van der Waals surface area (Å²) in [4.78, 5) is 10.5. The molecule has 7 aromatic carbocycles. The van der Waals surface area contributed by atoms with Crippen molar-refractivity contribution in [2.45, 2.75) is 72.6 Å². The first-order chi connectivity index (χ1) is 30.3. The summed E-state index contributed by atoms with van der Waals surface area (Å²) in [7, 11) is 0. The molecule has 322 valence electrons. The Morgan fingerprint density at radius 1 is 0.578 bits per heavy atom. The molecule has 0 spiro atoms. The fourth-order valence-electron chi connectivity index (χ4n) is 8.62. The van der Waals surface area contributed by atoms with Crippen LogP contribution < -0.4 is 0 Å². The van der Waals surface area contributed by atoms with Crippen LogP contribution in [0.25, 0.3) is 83.9 Å². The number of aromatic nitrogens is 3. The van der Waals surface area contributed by atoms with Crippen molar-refractivity contribution >= 4 is 11.0 Å². The Labute approximate surface area is 393 Å². The number of rotatable bonds is 9. The predicted molar refractivity (Wildman–Crippen MR) is 263 cm³/mol. The largest absolute Gasteiger partial charge is 0.507 e. The van der Waals surface area contributed by atoms with Gasteiger partial charge in [0.05, 0.1) is 22.3 Å². The first-order valence-electron chi connectivity index (χ1n) is 22.0. The molecule has 9 rings (SSSR count). The number of hydrogen-bond donors (Lipinski definition) is 1. The minimum absolute atomic E-state index is 0. The number of imidazole rings is 1. The summed E-state index contributed by atoms with van der Waals surface area (Å²) >= 11 is 0. The first-order valence-corrected chi connectivity index (χ1v) is 22.0. The Hall–Kier alpha value is -6.35. The molecule has 0 saturated carbocycles. The van der Waals surface area contributed by atoms with Crippen molar-refractivity contribution < 1.29 is 26.2 Å². The van der Waals surface area contributed by atoms with E-state index in [0.29, 0.717) is 11.4 Å². The zero-order valence-electron chi connectivity index (χ0n) is 37.9. The predicted octanol–water partition coefficient (Wildman–Crippen LogP) is 15.5. The summed E-state index contributed by atoms with van der Waals surface area (Å²) in [5.74, 6) is 0.923. The van der Waals surface area contributed by atoms with Gasteiger partial charge in [0.2, 0.25) is 0 Å². The molecule has 0 aliphatic heterocycles. The van der Waals surface area contributed by atoms with Gasteiger partial charge in [0.15, 0.2) is 0 Å². The van der Waals surface area contributed by atoms with Crippen LogP contribution in [0, 0.1) is 19.9 Å². The van der Waals surface area contributed by atoms with Crippen LogP contribution in [0.3, 0.4) is 0 Å². The molecule has 0 fully saturated rings. The van der Waals surface area contributed by atoms with Gasteiger partial charge in [-0.3, -0.25) is 9.55 Å². The molecule has 0 unspecified atom stereocenters. The Balaban J connectivity index is 0.00000560. The minimum Gasteiger partial charge on any atom is -0.507 e. The van der Waals surface area contributed by atoms with Gasteiger partial charge < -0.3 is 5.11 Å². The van der Waals surface area contributed by atoms with Gasteiger partial charge >= 0.3 is 0 Å². The topological polar surface area (TPSA) is 50.9 Å². The molecular formula is C59H54N3OPt-. The van der Waals surface area contributed by atoms with Gasteiger partial charge in [0.25, 0.3) is 0 Å². The van der Waals surface area contributed by atoms with E-state index in [0.717, 1.165) is 90.0 Å². The van der Waals surface area contributed by atoms with Gasteiger partial charge in [0.1, 0.15) is 11.6 Å². The number of nitrogens with zero attached hydrogens (tertiary/aromatic N) is 3. The van der Waals surface area contributed by atoms with E-state index >= 15 is 0 Å². The maximum atomic E-state index is 12.3. The van der Waals surface area contributed by atoms with E-state index in [-0.39, 0.29) is 37.6 Å². The van der Waals surface area contributed by atoms with Gasteiger partial charge in [-0.1, -0.05) is 179 Å². The number of phenolic OH excluding ortho intramolecular Hbond substituents is 1. The Bertz CT molecular complexity index is 3120. The van der Waals surface area contributed by atoms with Crippen LogP contribution in [0.4, 0.5) is 0 Å². The molecule has 0 aliphatic carbocycles. The van der Waals surface area contributed by atoms with E-state index in [4.69, 9.17) is 9.97 Å². The van der Waals surface area contributed by atoms with Crippen molar-refractivity contribution in [3.8, 4) is 78.6 Å². The number of fused-ring (bicyclic) bond motifs is 1. The zero-order chi connectivity index (χ0) is 44.0. The van der Waals surface area contributed by atoms with Crippen LogP contribution in [0.5, 0.6) is 5.75 Å². The third-order valence-corrected chi connectivity index (χ3v) is 12.7. The van der Waals surface area contributed by atoms with Crippen molar-refractivity contribution in [2.24, 2.45) is 0 Å². The van der Waals surface area contributed by atoms with Crippen LogP contribution in [-0.4, -0.2) is 19.6 Å². The molecule has 9 aromatic rings. The van der Waals surface area contributed by atoms with Crippen LogP contribution in [0.15, 0.2) is 164 Å². The Kier molecular flexibility index (Phi) is 12.2. The van der Waals surface area contributed by atoms with Crippen LogP contribution >= 0.6 is 0 Å². The van der Waals surface area contributed by atoms with Gasteiger partial charge in [-0.05, 0) is 94.8 Å². The molecule has 0 amide bonds. The smallest absolute Gasteiger partial charge is 0.148 e. The Morgan fingerprint density at radius 2 is 1.25 bits per heavy atom. The zero-order valence-corrected chi connectivity index (χ0v) is 40.2. The number of phenols is 1. The maximum Gasteiger partial charge on any atom is 0.148 e. The van der Waals surface area contributed by atoms with Crippen LogP contribution in [0.1, 0.15) is 70.2 Å². The van der Waals surface area contributed by atoms with Crippen molar-refractivity contribution in [1.82, 2.24) is 14.5 Å². The van der Waals surface area contributed by atoms with E-state index < -0.39 is 0 Å². The molecule has 2 heterocycles. The summed E-state index contributed by atoms with van der Waals surface area (Å²) in [5.41, 5.74) is 17.7. The normalized spacial score (nSPS) is 11.8. The summed E-state index contributed by atoms with van der Waals surface area (Å²) in [5, 5.41) is 12.3. The third kappa shape index (κ3) is 8.52. The third-order valence-electron chi connectivity index (χ3n) is 12.7. The average Bonchev–Trinajstić information content (AvgIpc) is 3.69. The molecule has 0 atom stereocenters. The van der Waals surface area contributed by atoms with Gasteiger partial charge in [0, 0.05) is 44.1 Å². The van der Waals surface area contributed by atoms with Gasteiger partial charge in [-0.25, -0.2) is 4.98 Å². The van der Waals surface area contributed by atoms with Crippen LogP contribution in [-0.2, 0) is 31.9 Å². The monoisotopic (exact) mass is 1020 g/mol. The van der Waals surface area contributed by atoms with E-state index in [9.17, 15) is 5.11 Å². The fourth-order valence-corrected chi connectivity index (χ4v) is 8.62. The molecule has 0 radical (unpaired) electrons. The number of pyridine rings is 1. The first kappa shape index (κ1) is 44.3. The molecule has 1 N–H and O–H groups in total. The standard InChI is InChI=1S/C59H54N3O.Pt/c1-9-59(7,8)47-27-28-53(49(37-47)42-19-14-11-15-20-42)62-54-22-16-21-48(55(54)61-57(62)50-31-39(3)32-51(56(50)63)58(4,5)6)45-33-44(40-17-12-10-13-18-40)34-46(35-45)52-36-43(29-30-60-52)41-25-23-38(2)24-26-41;/h10-34,36-37,63H,9H2,1-8H3;/q-1;. The number of para-hydroxylation sites is 1. The minimum atomic E-state index is -0.302. The summed E-state index contributed by atoms with van der Waals surface area (Å²) in [6.45, 7) is 17.5. The van der Waals surface area contributed by atoms with E-state index in [1.54, 1.807) is 0 Å². The van der Waals surface area contributed by atoms with Crippen molar-refractivity contribution in [2.75, 3.05) is 0 Å². The number of aromatic hydroxyl groups is 1. The SMILES string of the molecule is CCC(C)(C)c1ccc(-n2c(-c3cc(C)cc(C(C)(C)C)c3O)nc3c(-c4[c-]c(-c5cc(-c6ccc(C)cc6)ccn5)cc(-c5ccccc5)c4)cccc32)c(-c2ccccc2)c1.[Pt]. The molecule has 0 aliphatic rings. The van der Waals surface area contributed by atoms with Crippen molar-refractivity contribution in [3.05, 3.63) is 192 Å². The summed E-state index contributed by atoms with van der Waals surface area (Å²) in [6, 6.07) is 59.7. The van der Waals surface area contributed by atoms with Gasteiger partial charge in [-0.2, -0.15) is 0 Å². The summed E-state index contributed by atoms with van der Waals surface area (Å²) < 4.78 is 2.26. The second-order valence-electron chi connectivity index (χ2n) is 18.6. The maximum absolute atomic E-state index is 12.3. The fraction of sp³-hybridized carbons (Fsp3) is 0.186. The number of benzene rings is 7. The van der Waals surface area contributed by atoms with Crippen molar-refractivity contribution in [1.29, 1.82) is 0 Å². The van der Waals surface area contributed by atoms with E-state index in [1.165, 1.54) is 11.1 Å². The molecule has 0 bridgehead atoms. The second kappa shape index (κ2) is 17.7. The molecule has 0 saturated heterocycles. The van der Waals surface area contributed by atoms with Crippen LogP contribution in [0.2, 0.25) is 0 Å². The van der Waals surface area contributed by atoms with E-state index in [1.807, 2.05) is 12.3 Å². The van der Waals surface area contributed by atoms with E-state index in [2.05, 4.69) is 218 Å². The van der Waals surface area contributed by atoms with Crippen molar-refractivity contribution in [3.63, 3.8) is 0 Å².